The summed E-state index contributed by atoms with van der Waals surface area (Å²) in [6.45, 7) is 1.77. The lowest BCUT2D eigenvalue weighted by molar-refractivity contribution is -0.672. The van der Waals surface area contributed by atoms with Crippen molar-refractivity contribution in [2.24, 2.45) is 0 Å². The van der Waals surface area contributed by atoms with Gasteiger partial charge < -0.3 is 5.21 Å². The van der Waals surface area contributed by atoms with E-state index in [1.165, 1.54) is 6.20 Å². The molecule has 0 aromatic carbocycles. The van der Waals surface area contributed by atoms with Crippen molar-refractivity contribution in [3.63, 3.8) is 0 Å². The summed E-state index contributed by atoms with van der Waals surface area (Å²) in [6, 6.07) is 0. The maximum absolute atomic E-state index is 10.2. The molecule has 0 saturated carbocycles. The fourth-order valence-electron chi connectivity index (χ4n) is 0.344. The average molecular weight is 111 g/mol. The third-order valence-corrected chi connectivity index (χ3v) is 0.719. The van der Waals surface area contributed by atoms with Crippen LogP contribution in [-0.4, -0.2) is 10.1 Å². The van der Waals surface area contributed by atoms with Crippen LogP contribution in [0, 0.1) is 12.1 Å². The predicted molar refractivity (Wildman–Crippen MR) is 25.7 cm³/mol. The summed E-state index contributed by atoms with van der Waals surface area (Å²) in [7, 11) is 0. The maximum atomic E-state index is 10.2. The minimum atomic E-state index is 0.410. The molecule has 0 spiro atoms. The second kappa shape index (κ2) is 1.73. The predicted octanol–water partition coefficient (Wildman–Crippen LogP) is -0.582. The van der Waals surface area contributed by atoms with Gasteiger partial charge in [-0.1, -0.05) is 10.1 Å². The Bertz CT molecular complexity index is 150. The molecule has 42 valence electrons. The topological polar surface area (TPSA) is 52.7 Å². The molecule has 0 radical (unpaired) electrons. The monoisotopic (exact) mass is 111 g/mol. The molecule has 8 heavy (non-hydrogen) atoms. The lowest BCUT2D eigenvalue weighted by Crippen LogP contribution is -2.30. The Morgan fingerprint density at radius 2 is 2.50 bits per heavy atom. The highest BCUT2D eigenvalue weighted by atomic mass is 16.5. The Hall–Kier alpha value is -1.19. The van der Waals surface area contributed by atoms with Gasteiger partial charge in [0.2, 0.25) is 0 Å². The maximum Gasteiger partial charge on any atom is 0.310 e. The van der Waals surface area contributed by atoms with Crippen LogP contribution < -0.4 is 4.85 Å². The first kappa shape index (κ1) is 4.96. The van der Waals surface area contributed by atoms with Gasteiger partial charge in [-0.3, -0.25) is 0 Å². The molecule has 1 heterocycles. The molecule has 0 saturated heterocycles. The SMILES string of the molecule is Cc1cn[n+]([O-])cn1. The molecular formula is C4H5N3O. The zero-order valence-electron chi connectivity index (χ0n) is 4.40. The molecule has 4 heteroatoms. The average Bonchev–Trinajstić information content (AvgIpc) is 1.77. The summed E-state index contributed by atoms with van der Waals surface area (Å²) in [5, 5.41) is 13.5. The highest BCUT2D eigenvalue weighted by Crippen LogP contribution is 1.77. The third kappa shape index (κ3) is 0.900. The highest BCUT2D eigenvalue weighted by molar-refractivity contribution is 4.83. The third-order valence-electron chi connectivity index (χ3n) is 0.719. The Balaban J connectivity index is 3.03. The Kier molecular flexibility index (Phi) is 1.07. The van der Waals surface area contributed by atoms with Gasteiger partial charge in [0.25, 0.3) is 0 Å². The zero-order chi connectivity index (χ0) is 5.98. The Morgan fingerprint density at radius 1 is 1.75 bits per heavy atom. The first-order chi connectivity index (χ1) is 3.79. The fraction of sp³-hybridized carbons (Fsp3) is 0.250. The number of aromatic nitrogens is 3. The van der Waals surface area contributed by atoms with Crippen LogP contribution in [0.3, 0.4) is 0 Å². The van der Waals surface area contributed by atoms with Gasteiger partial charge in [0.15, 0.2) is 5.69 Å². The van der Waals surface area contributed by atoms with Crippen LogP contribution in [0.5, 0.6) is 0 Å². The second-order valence-corrected chi connectivity index (χ2v) is 1.43. The van der Waals surface area contributed by atoms with Crippen molar-refractivity contribution >= 4 is 0 Å². The van der Waals surface area contributed by atoms with Gasteiger partial charge in [-0.2, -0.15) is 0 Å². The van der Waals surface area contributed by atoms with E-state index in [4.69, 9.17) is 0 Å². The molecule has 0 fully saturated rings. The van der Waals surface area contributed by atoms with Crippen LogP contribution >= 0.6 is 0 Å². The zero-order valence-corrected chi connectivity index (χ0v) is 4.40. The molecule has 0 aliphatic heterocycles. The summed E-state index contributed by atoms with van der Waals surface area (Å²) >= 11 is 0. The molecule has 0 N–H and O–H groups in total. The number of rotatable bonds is 0. The molecule has 4 nitrogen and oxygen atoms in total. The number of hydrogen-bond donors (Lipinski definition) is 0. The van der Waals surface area contributed by atoms with E-state index in [0.717, 1.165) is 12.0 Å². The normalized spacial score (nSPS) is 9.12. The van der Waals surface area contributed by atoms with Crippen LogP contribution in [-0.2, 0) is 0 Å². The molecule has 1 rings (SSSR count). The van der Waals surface area contributed by atoms with Gasteiger partial charge >= 0.3 is 6.33 Å². The number of nitrogens with zero attached hydrogens (tertiary/aromatic N) is 3. The first-order valence-electron chi connectivity index (χ1n) is 2.17. The van der Waals surface area contributed by atoms with Crippen molar-refractivity contribution in [3.05, 3.63) is 23.4 Å². The first-order valence-corrected chi connectivity index (χ1v) is 2.17. The van der Waals surface area contributed by atoms with Crippen molar-refractivity contribution in [1.82, 2.24) is 10.1 Å². The summed E-state index contributed by atoms with van der Waals surface area (Å²) in [6.07, 6.45) is 2.53. The van der Waals surface area contributed by atoms with Crippen LogP contribution in [0.2, 0.25) is 0 Å². The van der Waals surface area contributed by atoms with E-state index in [0.29, 0.717) is 4.85 Å². The van der Waals surface area contributed by atoms with E-state index in [1.54, 1.807) is 6.92 Å². The largest absolute Gasteiger partial charge is 0.691 e. The lowest BCUT2D eigenvalue weighted by atomic mass is 10.6. The van der Waals surface area contributed by atoms with Gasteiger partial charge in [0.1, 0.15) is 6.20 Å². The van der Waals surface area contributed by atoms with Crippen molar-refractivity contribution < 1.29 is 4.85 Å². The molecule has 0 aliphatic rings. The number of hydrogen-bond acceptors (Lipinski definition) is 3. The standard InChI is InChI=1S/C4H5N3O/c1-4-2-6-7(8)3-5-4/h2-3H,1H3. The molecule has 0 bridgehead atoms. The quantitative estimate of drug-likeness (QED) is 0.332. The molecule has 1 aromatic heterocycles. The van der Waals surface area contributed by atoms with Crippen molar-refractivity contribution in [2.75, 3.05) is 0 Å². The Morgan fingerprint density at radius 3 is 2.88 bits per heavy atom. The molecule has 1 aromatic rings. The van der Waals surface area contributed by atoms with Crippen molar-refractivity contribution in [3.8, 4) is 0 Å². The fourth-order valence-corrected chi connectivity index (χ4v) is 0.344. The Labute approximate surface area is 46.4 Å². The van der Waals surface area contributed by atoms with Crippen molar-refractivity contribution in [2.45, 2.75) is 6.92 Å². The van der Waals surface area contributed by atoms with Gasteiger partial charge in [0, 0.05) is 6.92 Å². The van der Waals surface area contributed by atoms with Gasteiger partial charge in [-0.25, -0.2) is 0 Å². The lowest BCUT2D eigenvalue weighted by Gasteiger charge is -1.91. The summed E-state index contributed by atoms with van der Waals surface area (Å²) in [4.78, 5) is 4.08. The van der Waals surface area contributed by atoms with Crippen molar-refractivity contribution in [1.29, 1.82) is 0 Å². The van der Waals surface area contributed by atoms with Gasteiger partial charge in [-0.05, 0) is 0 Å². The van der Waals surface area contributed by atoms with Crippen LogP contribution in [0.4, 0.5) is 0 Å². The summed E-state index contributed by atoms with van der Waals surface area (Å²) < 4.78 is 0. The van der Waals surface area contributed by atoms with E-state index < -0.39 is 0 Å². The minimum Gasteiger partial charge on any atom is -0.691 e. The molecular weight excluding hydrogens is 106 g/mol. The molecule has 0 aliphatic carbocycles. The summed E-state index contributed by atoms with van der Waals surface area (Å²) in [5.74, 6) is 0. The molecule has 0 unspecified atom stereocenters. The van der Waals surface area contributed by atoms with E-state index in [-0.39, 0.29) is 0 Å². The van der Waals surface area contributed by atoms with Crippen LogP contribution in [0.1, 0.15) is 5.69 Å². The minimum absolute atomic E-state index is 0.410. The van der Waals surface area contributed by atoms with Gasteiger partial charge in [0.05, 0.1) is 0 Å². The smallest absolute Gasteiger partial charge is 0.310 e. The summed E-state index contributed by atoms with van der Waals surface area (Å²) in [5.41, 5.74) is 0.747. The van der Waals surface area contributed by atoms with Gasteiger partial charge in [-0.15, -0.1) is 4.85 Å². The van der Waals surface area contributed by atoms with E-state index in [1.807, 2.05) is 0 Å². The molecule has 0 amide bonds. The van der Waals surface area contributed by atoms with E-state index in [2.05, 4.69) is 10.1 Å². The van der Waals surface area contributed by atoms with E-state index >= 15 is 0 Å². The second-order valence-electron chi connectivity index (χ2n) is 1.43. The number of aryl methyl sites for hydroxylation is 1. The van der Waals surface area contributed by atoms with E-state index in [9.17, 15) is 5.21 Å². The molecule has 0 atom stereocenters. The van der Waals surface area contributed by atoms with Crippen LogP contribution in [0.25, 0.3) is 0 Å². The highest BCUT2D eigenvalue weighted by Gasteiger charge is 1.89. The van der Waals surface area contributed by atoms with Crippen LogP contribution in [0.15, 0.2) is 12.5 Å².